The van der Waals surface area contributed by atoms with Crippen LogP contribution in [0.4, 0.5) is 0 Å². The van der Waals surface area contributed by atoms with E-state index in [1.54, 1.807) is 0 Å². The summed E-state index contributed by atoms with van der Waals surface area (Å²) in [5, 5.41) is 0. The number of aryl methyl sites for hydroxylation is 1. The van der Waals surface area contributed by atoms with Crippen LogP contribution in [0.3, 0.4) is 0 Å². The summed E-state index contributed by atoms with van der Waals surface area (Å²) in [7, 11) is 0. The minimum Gasteiger partial charge on any atom is -0.493 e. The molecule has 0 radical (unpaired) electrons. The zero-order valence-electron chi connectivity index (χ0n) is 15.1. The first-order valence-electron chi connectivity index (χ1n) is 9.04. The van der Waals surface area contributed by atoms with Crippen LogP contribution < -0.4 is 16.2 Å². The highest BCUT2D eigenvalue weighted by Gasteiger charge is 2.24. The zero-order chi connectivity index (χ0) is 18.8. The standard InChI is InChI=1S/C19H21N3O5/c1-12-16(20-17(26-12)10-13-2-3-13)8-9-25-15-6-4-14(5-7-15)11-22-18(23)21-19(24)27-22/h4-7,13H,2-3,8-11H2,1H3,(H,21,23,24). The van der Waals surface area contributed by atoms with Gasteiger partial charge < -0.3 is 13.7 Å². The van der Waals surface area contributed by atoms with Gasteiger partial charge in [-0.05, 0) is 43.4 Å². The van der Waals surface area contributed by atoms with Gasteiger partial charge in [0.2, 0.25) is 0 Å². The number of hydrogen-bond acceptors (Lipinski definition) is 6. The highest BCUT2D eigenvalue weighted by molar-refractivity contribution is 5.27. The van der Waals surface area contributed by atoms with Crippen LogP contribution in [0.5, 0.6) is 5.75 Å². The van der Waals surface area contributed by atoms with Gasteiger partial charge in [0.1, 0.15) is 11.5 Å². The van der Waals surface area contributed by atoms with E-state index in [2.05, 4.69) is 4.98 Å². The van der Waals surface area contributed by atoms with Crippen LogP contribution >= 0.6 is 0 Å². The van der Waals surface area contributed by atoms with Gasteiger partial charge in [0.15, 0.2) is 5.89 Å². The lowest BCUT2D eigenvalue weighted by Crippen LogP contribution is -2.17. The van der Waals surface area contributed by atoms with E-state index in [9.17, 15) is 9.59 Å². The molecule has 8 heteroatoms. The number of oxazole rings is 1. The van der Waals surface area contributed by atoms with Crippen molar-refractivity contribution in [2.24, 2.45) is 5.92 Å². The van der Waals surface area contributed by atoms with Crippen molar-refractivity contribution < 1.29 is 13.7 Å². The first-order valence-corrected chi connectivity index (χ1v) is 9.04. The average Bonchev–Trinajstić information content (AvgIpc) is 3.30. The Balaban J connectivity index is 1.30. The molecule has 142 valence electrons. The Bertz CT molecular complexity index is 1020. The van der Waals surface area contributed by atoms with Gasteiger partial charge in [0.25, 0.3) is 0 Å². The number of benzene rings is 1. The molecule has 2 aromatic heterocycles. The van der Waals surface area contributed by atoms with Crippen LogP contribution in [0.25, 0.3) is 0 Å². The molecule has 4 rings (SSSR count). The van der Waals surface area contributed by atoms with Gasteiger partial charge in [-0.25, -0.2) is 19.6 Å². The number of ether oxygens (including phenoxy) is 1. The number of aromatic nitrogens is 3. The molecule has 1 saturated carbocycles. The maximum Gasteiger partial charge on any atom is 0.440 e. The van der Waals surface area contributed by atoms with Gasteiger partial charge in [0, 0.05) is 12.8 Å². The molecule has 27 heavy (non-hydrogen) atoms. The van der Waals surface area contributed by atoms with E-state index in [1.807, 2.05) is 36.2 Å². The summed E-state index contributed by atoms with van der Waals surface area (Å²) in [6.07, 6.45) is 4.18. The normalized spacial score (nSPS) is 13.8. The molecule has 0 spiro atoms. The number of rotatable bonds is 8. The number of nitrogens with one attached hydrogen (secondary N) is 1. The molecule has 1 aliphatic rings. The lowest BCUT2D eigenvalue weighted by atomic mass is 10.2. The molecule has 0 bridgehead atoms. The number of nitrogens with zero attached hydrogens (tertiary/aromatic N) is 2. The molecule has 3 aromatic rings. The maximum absolute atomic E-state index is 11.5. The van der Waals surface area contributed by atoms with Gasteiger partial charge >= 0.3 is 11.4 Å². The third-order valence-electron chi connectivity index (χ3n) is 4.58. The van der Waals surface area contributed by atoms with Crippen molar-refractivity contribution in [2.75, 3.05) is 6.61 Å². The fourth-order valence-electron chi connectivity index (χ4n) is 2.92. The summed E-state index contributed by atoms with van der Waals surface area (Å²) < 4.78 is 17.2. The summed E-state index contributed by atoms with van der Waals surface area (Å²) in [5.41, 5.74) is 1.21. The van der Waals surface area contributed by atoms with Gasteiger partial charge in [0.05, 0.1) is 18.8 Å². The van der Waals surface area contributed by atoms with Crippen molar-refractivity contribution in [3.05, 3.63) is 68.2 Å². The van der Waals surface area contributed by atoms with Gasteiger partial charge in [-0.3, -0.25) is 0 Å². The monoisotopic (exact) mass is 371 g/mol. The number of hydrogen-bond donors (Lipinski definition) is 1. The van der Waals surface area contributed by atoms with E-state index in [-0.39, 0.29) is 6.54 Å². The predicted molar refractivity (Wildman–Crippen MR) is 96.0 cm³/mol. The van der Waals surface area contributed by atoms with Crippen molar-refractivity contribution in [3.63, 3.8) is 0 Å². The highest BCUT2D eigenvalue weighted by atomic mass is 16.5. The van der Waals surface area contributed by atoms with Crippen LogP contribution in [0.2, 0.25) is 0 Å². The molecular formula is C19H21N3O5. The summed E-state index contributed by atoms with van der Waals surface area (Å²) >= 11 is 0. The Labute approximate surface area is 154 Å². The second-order valence-electron chi connectivity index (χ2n) is 6.85. The van der Waals surface area contributed by atoms with Gasteiger partial charge in [-0.1, -0.05) is 12.1 Å². The van der Waals surface area contributed by atoms with Crippen molar-refractivity contribution >= 4 is 0 Å². The third kappa shape index (κ3) is 4.39. The van der Waals surface area contributed by atoms with Crippen LogP contribution in [-0.4, -0.2) is 21.3 Å². The smallest absolute Gasteiger partial charge is 0.440 e. The summed E-state index contributed by atoms with van der Waals surface area (Å²) in [5.74, 6) is 2.41. The van der Waals surface area contributed by atoms with Crippen LogP contribution in [-0.2, 0) is 19.4 Å². The van der Waals surface area contributed by atoms with Gasteiger partial charge in [-0.2, -0.15) is 0 Å². The zero-order valence-corrected chi connectivity index (χ0v) is 15.1. The second-order valence-corrected chi connectivity index (χ2v) is 6.85. The number of aromatic amines is 1. The Kier molecular flexibility index (Phi) is 4.70. The average molecular weight is 371 g/mol. The predicted octanol–water partition coefficient (Wildman–Crippen LogP) is 2.05. The summed E-state index contributed by atoms with van der Waals surface area (Å²) in [6, 6.07) is 7.28. The molecule has 2 heterocycles. The number of H-pyrrole nitrogens is 1. The van der Waals surface area contributed by atoms with Crippen LogP contribution in [0.15, 0.2) is 42.8 Å². The van der Waals surface area contributed by atoms with Crippen molar-refractivity contribution in [1.29, 1.82) is 0 Å². The van der Waals surface area contributed by atoms with Crippen LogP contribution in [0.1, 0.15) is 35.7 Å². The molecule has 8 nitrogen and oxygen atoms in total. The molecule has 0 aliphatic heterocycles. The SMILES string of the molecule is Cc1oc(CC2CC2)nc1CCOc1ccc(Cn2oc(=O)[nH]c2=O)cc1. The molecule has 0 atom stereocenters. The van der Waals surface area contributed by atoms with Crippen molar-refractivity contribution in [2.45, 2.75) is 39.2 Å². The first-order chi connectivity index (χ1) is 13.1. The topological polar surface area (TPSA) is 103 Å². The Morgan fingerprint density at radius 2 is 2.04 bits per heavy atom. The highest BCUT2D eigenvalue weighted by Crippen LogP contribution is 2.32. The van der Waals surface area contributed by atoms with E-state index in [0.29, 0.717) is 13.0 Å². The molecule has 1 aliphatic carbocycles. The Morgan fingerprint density at radius 3 is 2.70 bits per heavy atom. The van der Waals surface area contributed by atoms with Crippen LogP contribution in [0, 0.1) is 12.8 Å². The van der Waals surface area contributed by atoms with Crippen molar-refractivity contribution in [1.82, 2.24) is 14.7 Å². The van der Waals surface area contributed by atoms with Crippen molar-refractivity contribution in [3.8, 4) is 5.75 Å². The van der Waals surface area contributed by atoms with E-state index >= 15 is 0 Å². The van der Waals surface area contributed by atoms with E-state index in [0.717, 1.165) is 45.7 Å². The largest absolute Gasteiger partial charge is 0.493 e. The fraction of sp³-hybridized carbons (Fsp3) is 0.421. The molecule has 1 aromatic carbocycles. The van der Waals surface area contributed by atoms with E-state index in [4.69, 9.17) is 13.7 Å². The molecular weight excluding hydrogens is 350 g/mol. The summed E-state index contributed by atoms with van der Waals surface area (Å²) in [4.78, 5) is 29.1. The van der Waals surface area contributed by atoms with Gasteiger partial charge in [-0.15, -0.1) is 4.74 Å². The van der Waals surface area contributed by atoms with E-state index in [1.165, 1.54) is 12.8 Å². The molecule has 1 fully saturated rings. The molecule has 1 N–H and O–H groups in total. The second kappa shape index (κ2) is 7.30. The lowest BCUT2D eigenvalue weighted by molar-refractivity contribution is 0.258. The molecule has 0 saturated heterocycles. The lowest BCUT2D eigenvalue weighted by Gasteiger charge is -2.06. The molecule has 0 amide bonds. The fourth-order valence-corrected chi connectivity index (χ4v) is 2.92. The Morgan fingerprint density at radius 1 is 1.26 bits per heavy atom. The minimum absolute atomic E-state index is 0.180. The molecule has 0 unspecified atom stereocenters. The third-order valence-corrected chi connectivity index (χ3v) is 4.58. The minimum atomic E-state index is -0.761. The first kappa shape index (κ1) is 17.4. The summed E-state index contributed by atoms with van der Waals surface area (Å²) in [6.45, 7) is 2.62. The quantitative estimate of drug-likeness (QED) is 0.650. The maximum atomic E-state index is 11.5. The Hall–Kier alpha value is -3.03. The van der Waals surface area contributed by atoms with E-state index < -0.39 is 11.4 Å².